The van der Waals surface area contributed by atoms with Crippen LogP contribution < -0.4 is 10.2 Å². The second kappa shape index (κ2) is 10.3. The van der Waals surface area contributed by atoms with Crippen molar-refractivity contribution in [1.82, 2.24) is 10.2 Å². The van der Waals surface area contributed by atoms with Crippen molar-refractivity contribution in [1.29, 1.82) is 0 Å². The SMILES string of the molecule is Cc1ccc(N2C(=O)CC(C(=O)NCCCN3CCCCCC3=O)C2c2cccs2)cc1. The highest BCUT2D eigenvalue weighted by atomic mass is 32.1. The fourth-order valence-corrected chi connectivity index (χ4v) is 5.53. The van der Waals surface area contributed by atoms with Gasteiger partial charge in [-0.1, -0.05) is 30.2 Å². The largest absolute Gasteiger partial charge is 0.356 e. The Bertz CT molecular complexity index is 942. The zero-order valence-corrected chi connectivity index (χ0v) is 19.4. The average Bonchev–Trinajstić information content (AvgIpc) is 3.37. The first kappa shape index (κ1) is 22.5. The van der Waals surface area contributed by atoms with Crippen LogP contribution in [0.2, 0.25) is 0 Å². The molecule has 32 heavy (non-hydrogen) atoms. The molecule has 2 aliphatic heterocycles. The van der Waals surface area contributed by atoms with Crippen LogP contribution >= 0.6 is 11.3 Å². The lowest BCUT2D eigenvalue weighted by atomic mass is 9.97. The third-order valence-electron chi connectivity index (χ3n) is 6.38. The smallest absolute Gasteiger partial charge is 0.228 e. The molecule has 0 saturated carbocycles. The lowest BCUT2D eigenvalue weighted by Gasteiger charge is -2.27. The zero-order valence-electron chi connectivity index (χ0n) is 18.6. The molecule has 1 N–H and O–H groups in total. The van der Waals surface area contributed by atoms with Crippen molar-refractivity contribution in [2.45, 2.75) is 51.5 Å². The molecule has 7 heteroatoms. The molecular weight excluding hydrogens is 422 g/mol. The maximum Gasteiger partial charge on any atom is 0.228 e. The van der Waals surface area contributed by atoms with E-state index in [0.717, 1.165) is 48.4 Å². The van der Waals surface area contributed by atoms with Gasteiger partial charge in [0.15, 0.2) is 0 Å². The number of amides is 3. The van der Waals surface area contributed by atoms with Gasteiger partial charge in [-0.25, -0.2) is 0 Å². The van der Waals surface area contributed by atoms with Crippen LogP contribution in [0.15, 0.2) is 41.8 Å². The molecule has 2 fully saturated rings. The van der Waals surface area contributed by atoms with Crippen LogP contribution in [-0.4, -0.2) is 42.3 Å². The van der Waals surface area contributed by atoms with E-state index in [2.05, 4.69) is 5.32 Å². The van der Waals surface area contributed by atoms with Crippen molar-refractivity contribution in [3.05, 3.63) is 52.2 Å². The highest BCUT2D eigenvalue weighted by Crippen LogP contribution is 2.43. The van der Waals surface area contributed by atoms with Gasteiger partial charge in [-0.2, -0.15) is 0 Å². The zero-order chi connectivity index (χ0) is 22.5. The van der Waals surface area contributed by atoms with Crippen molar-refractivity contribution < 1.29 is 14.4 Å². The fraction of sp³-hybridized carbons (Fsp3) is 0.480. The maximum absolute atomic E-state index is 13.1. The van der Waals surface area contributed by atoms with Crippen LogP contribution in [0.1, 0.15) is 55.0 Å². The number of hydrogen-bond donors (Lipinski definition) is 1. The maximum atomic E-state index is 13.1. The van der Waals surface area contributed by atoms with E-state index in [1.807, 2.05) is 53.6 Å². The Labute approximate surface area is 193 Å². The molecule has 1 aromatic heterocycles. The Morgan fingerprint density at radius 3 is 2.66 bits per heavy atom. The summed E-state index contributed by atoms with van der Waals surface area (Å²) in [5.74, 6) is -0.319. The van der Waals surface area contributed by atoms with E-state index < -0.39 is 5.92 Å². The Hall–Kier alpha value is -2.67. The molecule has 2 unspecified atom stereocenters. The Kier molecular flexibility index (Phi) is 7.25. The highest BCUT2D eigenvalue weighted by Gasteiger charge is 2.45. The lowest BCUT2D eigenvalue weighted by molar-refractivity contribution is -0.130. The first-order valence-electron chi connectivity index (χ1n) is 11.5. The number of aryl methyl sites for hydroxylation is 1. The van der Waals surface area contributed by atoms with Crippen molar-refractivity contribution in [3.8, 4) is 0 Å². The third kappa shape index (κ3) is 5.04. The first-order valence-corrected chi connectivity index (χ1v) is 12.4. The summed E-state index contributed by atoms with van der Waals surface area (Å²) in [5.41, 5.74) is 1.96. The predicted octanol–water partition coefficient (Wildman–Crippen LogP) is 4.06. The van der Waals surface area contributed by atoms with Gasteiger partial charge in [0.25, 0.3) is 0 Å². The summed E-state index contributed by atoms with van der Waals surface area (Å²) in [6.45, 7) is 4.01. The summed E-state index contributed by atoms with van der Waals surface area (Å²) in [6, 6.07) is 11.6. The highest BCUT2D eigenvalue weighted by molar-refractivity contribution is 7.10. The molecule has 0 spiro atoms. The number of anilines is 1. The van der Waals surface area contributed by atoms with E-state index in [1.54, 1.807) is 16.2 Å². The van der Waals surface area contributed by atoms with Gasteiger partial charge in [-0.3, -0.25) is 14.4 Å². The minimum absolute atomic E-state index is 0.0254. The standard InChI is InChI=1S/C25H31N3O3S/c1-18-9-11-19(12-10-18)28-23(30)17-20(24(28)21-7-5-16-32-21)25(31)26-13-6-15-27-14-4-2-3-8-22(27)29/h5,7,9-12,16,20,24H,2-4,6,8,13-15,17H2,1H3,(H,26,31). The number of hydrogen-bond acceptors (Lipinski definition) is 4. The van der Waals surface area contributed by atoms with E-state index in [-0.39, 0.29) is 30.2 Å². The van der Waals surface area contributed by atoms with Crippen molar-refractivity contribution >= 4 is 34.7 Å². The number of benzene rings is 1. The van der Waals surface area contributed by atoms with Crippen LogP contribution in [0, 0.1) is 12.8 Å². The molecule has 0 radical (unpaired) electrons. The molecule has 1 aromatic carbocycles. The van der Waals surface area contributed by atoms with Gasteiger partial charge in [-0.15, -0.1) is 11.3 Å². The van der Waals surface area contributed by atoms with Gasteiger partial charge < -0.3 is 15.1 Å². The van der Waals surface area contributed by atoms with Gasteiger partial charge in [0.2, 0.25) is 17.7 Å². The number of carbonyl (C=O) groups excluding carboxylic acids is 3. The molecule has 6 nitrogen and oxygen atoms in total. The number of nitrogens with zero attached hydrogens (tertiary/aromatic N) is 2. The molecule has 2 saturated heterocycles. The van der Waals surface area contributed by atoms with E-state index >= 15 is 0 Å². The van der Waals surface area contributed by atoms with Gasteiger partial charge >= 0.3 is 0 Å². The predicted molar refractivity (Wildman–Crippen MR) is 127 cm³/mol. The number of nitrogens with one attached hydrogen (secondary N) is 1. The summed E-state index contributed by atoms with van der Waals surface area (Å²) in [6.07, 6.45) is 4.70. The molecular formula is C25H31N3O3S. The van der Waals surface area contributed by atoms with Crippen LogP contribution in [-0.2, 0) is 14.4 Å². The fourth-order valence-electron chi connectivity index (χ4n) is 4.65. The van der Waals surface area contributed by atoms with Crippen LogP contribution in [0.5, 0.6) is 0 Å². The van der Waals surface area contributed by atoms with Crippen molar-refractivity contribution in [2.24, 2.45) is 5.92 Å². The lowest BCUT2D eigenvalue weighted by Crippen LogP contribution is -2.37. The quantitative estimate of drug-likeness (QED) is 0.643. The monoisotopic (exact) mass is 453 g/mol. The molecule has 0 bridgehead atoms. The first-order chi connectivity index (χ1) is 15.5. The normalized spacial score (nSPS) is 21.7. The molecule has 170 valence electrons. The number of likely N-dealkylation sites (tertiary alicyclic amines) is 1. The van der Waals surface area contributed by atoms with Crippen LogP contribution in [0.3, 0.4) is 0 Å². The Morgan fingerprint density at radius 1 is 1.09 bits per heavy atom. The van der Waals surface area contributed by atoms with Gasteiger partial charge in [-0.05, 0) is 49.8 Å². The van der Waals surface area contributed by atoms with Gasteiger partial charge in [0, 0.05) is 43.0 Å². The minimum atomic E-state index is -0.428. The molecule has 0 aliphatic carbocycles. The summed E-state index contributed by atoms with van der Waals surface area (Å²) in [4.78, 5) is 43.0. The molecule has 2 atom stereocenters. The van der Waals surface area contributed by atoms with Gasteiger partial charge in [0.05, 0.1) is 12.0 Å². The topological polar surface area (TPSA) is 69.7 Å². The molecule has 3 heterocycles. The van der Waals surface area contributed by atoms with Crippen LogP contribution in [0.25, 0.3) is 0 Å². The van der Waals surface area contributed by atoms with E-state index in [1.165, 1.54) is 0 Å². The summed E-state index contributed by atoms with van der Waals surface area (Å²) < 4.78 is 0. The second-order valence-electron chi connectivity index (χ2n) is 8.71. The van der Waals surface area contributed by atoms with Crippen molar-refractivity contribution in [2.75, 3.05) is 24.5 Å². The van der Waals surface area contributed by atoms with E-state index in [4.69, 9.17) is 0 Å². The average molecular weight is 454 g/mol. The Balaban J connectivity index is 1.41. The Morgan fingerprint density at radius 2 is 1.91 bits per heavy atom. The summed E-state index contributed by atoms with van der Waals surface area (Å²) in [5, 5.41) is 5.02. The number of thiophene rings is 1. The second-order valence-corrected chi connectivity index (χ2v) is 9.69. The van der Waals surface area contributed by atoms with E-state index in [9.17, 15) is 14.4 Å². The third-order valence-corrected chi connectivity index (χ3v) is 7.32. The van der Waals surface area contributed by atoms with E-state index in [0.29, 0.717) is 19.5 Å². The summed E-state index contributed by atoms with van der Waals surface area (Å²) >= 11 is 1.58. The van der Waals surface area contributed by atoms with Gasteiger partial charge in [0.1, 0.15) is 0 Å². The molecule has 4 rings (SSSR count). The molecule has 2 aliphatic rings. The van der Waals surface area contributed by atoms with Crippen LogP contribution in [0.4, 0.5) is 5.69 Å². The summed E-state index contributed by atoms with van der Waals surface area (Å²) in [7, 11) is 0. The molecule has 3 amide bonds. The number of rotatable bonds is 7. The number of carbonyl (C=O) groups is 3. The molecule has 2 aromatic rings. The van der Waals surface area contributed by atoms with Crippen molar-refractivity contribution in [3.63, 3.8) is 0 Å². The minimum Gasteiger partial charge on any atom is -0.356 e.